The molecule has 36 heavy (non-hydrogen) atoms. The average molecular weight is 509 g/mol. The minimum atomic E-state index is -2.26. The molecule has 0 amide bonds. The summed E-state index contributed by atoms with van der Waals surface area (Å²) in [7, 11) is 0. The smallest absolute Gasteiger partial charge is 0.203 e. The van der Waals surface area contributed by atoms with Crippen LogP contribution in [-0.2, 0) is 0 Å². The van der Waals surface area contributed by atoms with Gasteiger partial charge in [-0.3, -0.25) is 0 Å². The summed E-state index contributed by atoms with van der Waals surface area (Å²) in [5, 5.41) is 0.254. The van der Waals surface area contributed by atoms with Crippen molar-refractivity contribution in [3.8, 4) is 11.1 Å². The van der Waals surface area contributed by atoms with Crippen LogP contribution < -0.4 is 10.4 Å². The largest absolute Gasteiger partial charge is 0.283 e. The van der Waals surface area contributed by atoms with Gasteiger partial charge >= 0.3 is 0 Å². The third kappa shape index (κ3) is 3.98. The normalized spacial score (nSPS) is 14.2. The molecule has 1 aliphatic rings. The predicted octanol–water partition coefficient (Wildman–Crippen LogP) is 7.40. The molecule has 0 unspecified atom stereocenters. The van der Waals surface area contributed by atoms with E-state index in [1.165, 1.54) is 48.5 Å². The summed E-state index contributed by atoms with van der Waals surface area (Å²) in [6, 6.07) is 10.5. The zero-order valence-electron chi connectivity index (χ0n) is 18.5. The summed E-state index contributed by atoms with van der Waals surface area (Å²) in [6.45, 7) is 2.56. The fourth-order valence-corrected chi connectivity index (χ4v) is 3.79. The first-order valence-electron chi connectivity index (χ1n) is 10.3. The van der Waals surface area contributed by atoms with Crippen LogP contribution in [0.3, 0.4) is 0 Å². The Bertz CT molecular complexity index is 1530. The highest BCUT2D eigenvalue weighted by atomic mass is 19.2. The molecule has 0 aromatic heterocycles. The number of hydrogen-bond acceptors (Lipinski definition) is 0. The molecule has 0 bridgehead atoms. The molecule has 0 saturated carbocycles. The van der Waals surface area contributed by atoms with Crippen molar-refractivity contribution >= 4 is 11.1 Å². The summed E-state index contributed by atoms with van der Waals surface area (Å²) in [5.41, 5.74) is -1.71. The van der Waals surface area contributed by atoms with Crippen LogP contribution in [0.15, 0.2) is 71.8 Å². The van der Waals surface area contributed by atoms with E-state index in [2.05, 4.69) is 0 Å². The molecule has 0 N–H and O–H groups in total. The third-order valence-corrected chi connectivity index (χ3v) is 5.91. The lowest BCUT2D eigenvalue weighted by Gasteiger charge is -2.11. The van der Waals surface area contributed by atoms with Crippen LogP contribution in [0.1, 0.15) is 18.1 Å². The van der Waals surface area contributed by atoms with E-state index in [9.17, 15) is 39.5 Å². The van der Waals surface area contributed by atoms with Crippen molar-refractivity contribution in [2.24, 2.45) is 0 Å². The van der Waals surface area contributed by atoms with E-state index in [1.54, 1.807) is 6.92 Å². The van der Waals surface area contributed by atoms with E-state index in [-0.39, 0.29) is 10.8 Å². The number of allylic oxidation sites excluding steroid dienone is 4. The van der Waals surface area contributed by atoms with Gasteiger partial charge in [-0.25, -0.2) is 17.6 Å². The number of benzene rings is 3. The van der Waals surface area contributed by atoms with E-state index in [0.717, 1.165) is 6.92 Å². The summed E-state index contributed by atoms with van der Waals surface area (Å²) in [5.74, 6) is -14.5. The fraction of sp³-hybridized carbons (Fsp3) is 0.0741. The van der Waals surface area contributed by atoms with Gasteiger partial charge < -0.3 is 0 Å². The van der Waals surface area contributed by atoms with Crippen LogP contribution in [0.5, 0.6) is 0 Å². The van der Waals surface area contributed by atoms with E-state index >= 15 is 0 Å². The zero-order valence-corrected chi connectivity index (χ0v) is 18.5. The van der Waals surface area contributed by atoms with Crippen molar-refractivity contribution in [1.29, 1.82) is 0 Å². The first kappa shape index (κ1) is 25.2. The molecule has 0 spiro atoms. The van der Waals surface area contributed by atoms with Gasteiger partial charge in [-0.2, -0.15) is 8.78 Å². The molecule has 184 valence electrons. The van der Waals surface area contributed by atoms with Crippen LogP contribution >= 0.6 is 0 Å². The lowest BCUT2D eigenvalue weighted by atomic mass is 9.97. The first-order chi connectivity index (χ1) is 17.0. The Morgan fingerprint density at radius 2 is 1.17 bits per heavy atom. The average Bonchev–Trinajstić information content (AvgIpc) is 2.89. The maximum Gasteiger partial charge on any atom is 0.283 e. The van der Waals surface area contributed by atoms with E-state index < -0.39 is 69.4 Å². The first-order valence-corrected chi connectivity index (χ1v) is 10.3. The van der Waals surface area contributed by atoms with Crippen molar-refractivity contribution in [1.82, 2.24) is 0 Å². The fourth-order valence-electron chi connectivity index (χ4n) is 3.79. The molecule has 4 rings (SSSR count). The van der Waals surface area contributed by atoms with Gasteiger partial charge in [0.15, 0.2) is 28.8 Å². The quantitative estimate of drug-likeness (QED) is 0.192. The Balaban J connectivity index is 1.76. The summed E-state index contributed by atoms with van der Waals surface area (Å²) >= 11 is 0. The Kier molecular flexibility index (Phi) is 6.51. The number of rotatable bonds is 2. The topological polar surface area (TPSA) is 0 Å². The number of halogens is 9. The third-order valence-electron chi connectivity index (χ3n) is 5.91. The van der Waals surface area contributed by atoms with E-state index in [0.29, 0.717) is 16.4 Å². The van der Waals surface area contributed by atoms with Crippen LogP contribution in [-0.4, -0.2) is 0 Å². The second-order valence-electron chi connectivity index (χ2n) is 7.98. The minimum Gasteiger partial charge on any atom is -0.203 e. The molecule has 1 aliphatic carbocycles. The van der Waals surface area contributed by atoms with E-state index in [4.69, 9.17) is 0 Å². The summed E-state index contributed by atoms with van der Waals surface area (Å²) in [6.07, 6.45) is -1.88. The molecule has 0 nitrogen and oxygen atoms in total. The van der Waals surface area contributed by atoms with Crippen LogP contribution in [0.25, 0.3) is 22.3 Å². The molecule has 3 aromatic carbocycles. The predicted molar refractivity (Wildman–Crippen MR) is 117 cm³/mol. The molecule has 3 aromatic rings. The SMILES string of the molecule is CC(c1ccc(-c2c(F)c(F)c(C)c(F)c2F)cc1)=c1ccc(=C2C(F)=C(F)C(F)=C(F)[C+]2F)cc1. The number of hydrogen-bond donors (Lipinski definition) is 0. The monoisotopic (exact) mass is 509 g/mol. The molecule has 0 atom stereocenters. The van der Waals surface area contributed by atoms with Gasteiger partial charge in [0.05, 0.1) is 10.8 Å². The standard InChI is InChI=1S/C27H14F9/c1-11(13-3-7-15(8-4-13)17-21(30)19(28)12(2)20(29)22(17)31)14-5-9-16(10-6-14)18-23(32)25(34)27(36)26(35)24(18)33/h3-10H,1-2H3/q+1. The highest BCUT2D eigenvalue weighted by Crippen LogP contribution is 2.43. The highest BCUT2D eigenvalue weighted by molar-refractivity contribution is 5.79. The van der Waals surface area contributed by atoms with Crippen LogP contribution in [0.4, 0.5) is 39.5 Å². The molecule has 0 saturated heterocycles. The molecule has 0 radical (unpaired) electrons. The summed E-state index contributed by atoms with van der Waals surface area (Å²) < 4.78 is 125. The molecule has 0 aliphatic heterocycles. The Labute approximate surface area is 199 Å². The Morgan fingerprint density at radius 3 is 1.69 bits per heavy atom. The van der Waals surface area contributed by atoms with Gasteiger partial charge in [-0.05, 0) is 60.0 Å². The van der Waals surface area contributed by atoms with E-state index in [1.807, 2.05) is 0 Å². The van der Waals surface area contributed by atoms with Gasteiger partial charge in [-0.1, -0.05) is 24.3 Å². The molecular formula is C27H14F9+. The van der Waals surface area contributed by atoms with Gasteiger partial charge in [0.2, 0.25) is 0 Å². The maximum absolute atomic E-state index is 14.3. The maximum atomic E-state index is 14.3. The second kappa shape index (κ2) is 9.29. The van der Waals surface area contributed by atoms with Gasteiger partial charge in [0.1, 0.15) is 0 Å². The van der Waals surface area contributed by atoms with Gasteiger partial charge in [0, 0.05) is 5.56 Å². The lowest BCUT2D eigenvalue weighted by molar-refractivity contribution is 0.411. The Hall–Kier alpha value is -3.88. The van der Waals surface area contributed by atoms with Crippen LogP contribution in [0, 0.1) is 36.4 Å². The molecule has 0 heterocycles. The van der Waals surface area contributed by atoms with Crippen molar-refractivity contribution in [3.63, 3.8) is 0 Å². The van der Waals surface area contributed by atoms with Crippen molar-refractivity contribution in [3.05, 3.63) is 123 Å². The van der Waals surface area contributed by atoms with Crippen LogP contribution in [0.2, 0.25) is 0 Å². The molecule has 9 heteroatoms. The highest BCUT2D eigenvalue weighted by Gasteiger charge is 2.45. The van der Waals surface area contributed by atoms with Gasteiger partial charge in [0.25, 0.3) is 29.5 Å². The van der Waals surface area contributed by atoms with Crippen molar-refractivity contribution < 1.29 is 39.5 Å². The minimum absolute atomic E-state index is 0.110. The van der Waals surface area contributed by atoms with Crippen molar-refractivity contribution in [2.45, 2.75) is 13.8 Å². The Morgan fingerprint density at radius 1 is 0.639 bits per heavy atom. The van der Waals surface area contributed by atoms with Gasteiger partial charge in [-0.15, -0.1) is 13.2 Å². The molecule has 0 fully saturated rings. The van der Waals surface area contributed by atoms with Crippen molar-refractivity contribution in [2.75, 3.05) is 0 Å². The second-order valence-corrected chi connectivity index (χ2v) is 7.98. The molecular weight excluding hydrogens is 495 g/mol. The lowest BCUT2D eigenvalue weighted by Crippen LogP contribution is -2.18. The summed E-state index contributed by atoms with van der Waals surface area (Å²) in [4.78, 5) is 0. The zero-order chi connectivity index (χ0) is 26.5.